The van der Waals surface area contributed by atoms with Crippen molar-refractivity contribution in [1.29, 1.82) is 0 Å². The molecule has 1 fully saturated rings. The third-order valence-corrected chi connectivity index (χ3v) is 4.81. The summed E-state index contributed by atoms with van der Waals surface area (Å²) in [7, 11) is 1.93. The lowest BCUT2D eigenvalue weighted by Crippen LogP contribution is -2.38. The van der Waals surface area contributed by atoms with E-state index in [0.29, 0.717) is 13.0 Å². The van der Waals surface area contributed by atoms with Crippen molar-refractivity contribution in [3.63, 3.8) is 0 Å². The average molecular weight is 320 g/mol. The van der Waals surface area contributed by atoms with Crippen molar-refractivity contribution in [3.05, 3.63) is 33.8 Å². The molecule has 1 N–H and O–H groups in total. The van der Waals surface area contributed by atoms with Gasteiger partial charge in [-0.1, -0.05) is 0 Å². The Balaban J connectivity index is 1.66. The van der Waals surface area contributed by atoms with Gasteiger partial charge in [-0.25, -0.2) is 9.97 Å². The fourth-order valence-corrected chi connectivity index (χ4v) is 3.62. The van der Waals surface area contributed by atoms with E-state index in [1.165, 1.54) is 0 Å². The van der Waals surface area contributed by atoms with Crippen molar-refractivity contribution < 1.29 is 9.53 Å². The smallest absolute Gasteiger partial charge is 0.226 e. The van der Waals surface area contributed by atoms with E-state index in [9.17, 15) is 4.79 Å². The number of nitrogens with one attached hydrogen (secondary N) is 1. The molecule has 6 nitrogen and oxygen atoms in total. The molecule has 2 aromatic heterocycles. The molecule has 1 aliphatic rings. The number of thiazole rings is 1. The monoisotopic (exact) mass is 320 g/mol. The van der Waals surface area contributed by atoms with E-state index in [0.717, 1.165) is 27.8 Å². The van der Waals surface area contributed by atoms with Gasteiger partial charge in [0, 0.05) is 30.9 Å². The molecule has 2 atom stereocenters. The average Bonchev–Trinajstić information content (AvgIpc) is 3.12. The fraction of sp³-hybridized carbons (Fsp3) is 0.533. The van der Waals surface area contributed by atoms with Crippen LogP contribution in [0.25, 0.3) is 0 Å². The second kappa shape index (κ2) is 6.18. The molecule has 0 spiro atoms. The van der Waals surface area contributed by atoms with Crippen molar-refractivity contribution in [2.24, 2.45) is 7.05 Å². The molecule has 0 radical (unpaired) electrons. The van der Waals surface area contributed by atoms with Crippen LogP contribution < -0.4 is 5.32 Å². The largest absolute Gasteiger partial charge is 0.368 e. The summed E-state index contributed by atoms with van der Waals surface area (Å²) >= 11 is 1.63. The Morgan fingerprint density at radius 3 is 3.00 bits per heavy atom. The molecule has 3 rings (SSSR count). The number of aromatic nitrogens is 3. The van der Waals surface area contributed by atoms with E-state index in [4.69, 9.17) is 4.74 Å². The first-order valence-electron chi connectivity index (χ1n) is 7.35. The number of rotatable bonds is 4. The maximum absolute atomic E-state index is 12.3. The highest BCUT2D eigenvalue weighted by atomic mass is 32.1. The normalized spacial score (nSPS) is 21.2. The van der Waals surface area contributed by atoms with Gasteiger partial charge in [-0.05, 0) is 20.3 Å². The van der Waals surface area contributed by atoms with Gasteiger partial charge < -0.3 is 14.6 Å². The minimum atomic E-state index is -0.179. The van der Waals surface area contributed by atoms with E-state index < -0.39 is 0 Å². The molecule has 1 amide bonds. The number of aryl methyl sites for hydroxylation is 3. The quantitative estimate of drug-likeness (QED) is 0.930. The highest BCUT2D eigenvalue weighted by Crippen LogP contribution is 2.28. The maximum atomic E-state index is 12.3. The molecule has 0 aliphatic carbocycles. The van der Waals surface area contributed by atoms with Gasteiger partial charge in [0.25, 0.3) is 0 Å². The summed E-state index contributed by atoms with van der Waals surface area (Å²) in [6.45, 7) is 4.60. The van der Waals surface area contributed by atoms with Crippen LogP contribution in [0.4, 0.5) is 0 Å². The first-order valence-corrected chi connectivity index (χ1v) is 8.17. The van der Waals surface area contributed by atoms with E-state index >= 15 is 0 Å². The van der Waals surface area contributed by atoms with Gasteiger partial charge in [0.15, 0.2) is 0 Å². The molecule has 1 aliphatic heterocycles. The Hall–Kier alpha value is -1.73. The van der Waals surface area contributed by atoms with Gasteiger partial charge >= 0.3 is 0 Å². The Labute approximate surface area is 133 Å². The molecule has 1 saturated heterocycles. The molecule has 0 saturated carbocycles. The van der Waals surface area contributed by atoms with E-state index in [1.54, 1.807) is 17.5 Å². The predicted molar refractivity (Wildman–Crippen MR) is 83.7 cm³/mol. The third kappa shape index (κ3) is 3.05. The number of carbonyl (C=O) groups excluding carboxylic acids is 1. The molecule has 118 valence electrons. The Morgan fingerprint density at radius 1 is 1.55 bits per heavy atom. The minimum Gasteiger partial charge on any atom is -0.368 e. The zero-order chi connectivity index (χ0) is 15.7. The van der Waals surface area contributed by atoms with Crippen LogP contribution in [-0.4, -0.2) is 33.1 Å². The number of ether oxygens (including phenoxy) is 1. The highest BCUT2D eigenvalue weighted by molar-refractivity contribution is 7.11. The van der Waals surface area contributed by atoms with Crippen LogP contribution >= 0.6 is 11.3 Å². The SMILES string of the molecule is Cc1nc(CC(=O)N[C@H]2CCO[C@@H]2c2nccn2C)c(C)s1. The van der Waals surface area contributed by atoms with Gasteiger partial charge in [-0.3, -0.25) is 4.79 Å². The number of carbonyl (C=O) groups is 1. The number of nitrogens with zero attached hydrogens (tertiary/aromatic N) is 3. The zero-order valence-electron chi connectivity index (χ0n) is 13.0. The van der Waals surface area contributed by atoms with Crippen LogP contribution in [0.3, 0.4) is 0 Å². The van der Waals surface area contributed by atoms with Crippen molar-refractivity contribution in [2.75, 3.05) is 6.61 Å². The van der Waals surface area contributed by atoms with Crippen LogP contribution in [0.15, 0.2) is 12.4 Å². The molecule has 7 heteroatoms. The summed E-state index contributed by atoms with van der Waals surface area (Å²) in [5, 5.41) is 4.07. The van der Waals surface area contributed by atoms with E-state index in [1.807, 2.05) is 31.7 Å². The van der Waals surface area contributed by atoms with Gasteiger partial charge in [0.05, 0.1) is 23.2 Å². The Morgan fingerprint density at radius 2 is 2.36 bits per heavy atom. The Kier molecular flexibility index (Phi) is 4.26. The van der Waals surface area contributed by atoms with Crippen LogP contribution in [0.1, 0.15) is 33.9 Å². The minimum absolute atomic E-state index is 0.0110. The summed E-state index contributed by atoms with van der Waals surface area (Å²) in [5.74, 6) is 0.839. The van der Waals surface area contributed by atoms with Gasteiger partial charge in [0.1, 0.15) is 11.9 Å². The lowest BCUT2D eigenvalue weighted by Gasteiger charge is -2.19. The second-order valence-corrected chi connectivity index (χ2v) is 6.97. The van der Waals surface area contributed by atoms with Gasteiger partial charge in [-0.2, -0.15) is 0 Å². The highest BCUT2D eigenvalue weighted by Gasteiger charge is 2.33. The van der Waals surface area contributed by atoms with Gasteiger partial charge in [0.2, 0.25) is 5.91 Å². The molecule has 0 aromatic carbocycles. The topological polar surface area (TPSA) is 69.0 Å². The van der Waals surface area contributed by atoms with Crippen LogP contribution in [-0.2, 0) is 23.0 Å². The molecular weight excluding hydrogens is 300 g/mol. The molecule has 3 heterocycles. The number of imidazole rings is 1. The van der Waals surface area contributed by atoms with E-state index in [2.05, 4.69) is 15.3 Å². The predicted octanol–water partition coefficient (Wildman–Crippen LogP) is 1.68. The number of amides is 1. The van der Waals surface area contributed by atoms with Crippen molar-refractivity contribution in [3.8, 4) is 0 Å². The zero-order valence-corrected chi connectivity index (χ0v) is 13.8. The van der Waals surface area contributed by atoms with Crippen molar-refractivity contribution in [1.82, 2.24) is 19.9 Å². The third-order valence-electron chi connectivity index (χ3n) is 3.88. The summed E-state index contributed by atoms with van der Waals surface area (Å²) < 4.78 is 7.69. The lowest BCUT2D eigenvalue weighted by atomic mass is 10.1. The first-order chi connectivity index (χ1) is 10.5. The molecule has 0 bridgehead atoms. The summed E-state index contributed by atoms with van der Waals surface area (Å²) in [6, 6.07) is -0.0337. The molecule has 2 aromatic rings. The summed E-state index contributed by atoms with van der Waals surface area (Å²) in [6.07, 6.45) is 4.58. The standard InChI is InChI=1S/C15H20N4O2S/c1-9-12(17-10(2)22-9)8-13(20)18-11-4-7-21-14(11)15-16-5-6-19(15)3/h5-6,11,14H,4,7-8H2,1-3H3,(H,18,20)/t11-,14-/m0/s1. The van der Waals surface area contributed by atoms with Crippen LogP contribution in [0.5, 0.6) is 0 Å². The van der Waals surface area contributed by atoms with Crippen molar-refractivity contribution in [2.45, 2.75) is 38.8 Å². The van der Waals surface area contributed by atoms with Crippen LogP contribution in [0, 0.1) is 13.8 Å². The first kappa shape index (κ1) is 15.2. The lowest BCUT2D eigenvalue weighted by molar-refractivity contribution is -0.121. The molecule has 22 heavy (non-hydrogen) atoms. The van der Waals surface area contributed by atoms with Crippen molar-refractivity contribution >= 4 is 17.2 Å². The summed E-state index contributed by atoms with van der Waals surface area (Å²) in [4.78, 5) is 22.2. The van der Waals surface area contributed by atoms with Crippen LogP contribution in [0.2, 0.25) is 0 Å². The second-order valence-electron chi connectivity index (χ2n) is 5.56. The fourth-order valence-electron chi connectivity index (χ4n) is 2.79. The number of hydrogen-bond acceptors (Lipinski definition) is 5. The Bertz CT molecular complexity index is 679. The van der Waals surface area contributed by atoms with Gasteiger partial charge in [-0.15, -0.1) is 11.3 Å². The van der Waals surface area contributed by atoms with E-state index in [-0.39, 0.29) is 18.1 Å². The molecule has 0 unspecified atom stereocenters. The summed E-state index contributed by atoms with van der Waals surface area (Å²) in [5.41, 5.74) is 0.868. The maximum Gasteiger partial charge on any atom is 0.226 e. The molecular formula is C15H20N4O2S. The number of hydrogen-bond donors (Lipinski definition) is 1.